The molecular formula is C21H29N5O2. The normalized spacial score (nSPS) is 19.3. The molecule has 1 saturated carbocycles. The van der Waals surface area contributed by atoms with Crippen molar-refractivity contribution >= 4 is 11.5 Å². The highest BCUT2D eigenvalue weighted by Gasteiger charge is 2.21. The number of hydrogen-bond acceptors (Lipinski definition) is 6. The number of ether oxygens (including phenoxy) is 1. The Hall–Kier alpha value is -2.38. The van der Waals surface area contributed by atoms with E-state index in [2.05, 4.69) is 32.7 Å². The van der Waals surface area contributed by atoms with Gasteiger partial charge in [0.25, 0.3) is 0 Å². The molecule has 3 aliphatic rings. The first-order valence-electron chi connectivity index (χ1n) is 10.3. The van der Waals surface area contributed by atoms with Crippen LogP contribution in [-0.2, 0) is 0 Å². The van der Waals surface area contributed by atoms with Gasteiger partial charge in [0.1, 0.15) is 0 Å². The van der Waals surface area contributed by atoms with E-state index in [-0.39, 0.29) is 5.69 Å². The van der Waals surface area contributed by atoms with Gasteiger partial charge in [-0.1, -0.05) is 25.3 Å². The lowest BCUT2D eigenvalue weighted by Crippen LogP contribution is -2.26. The van der Waals surface area contributed by atoms with Crippen molar-refractivity contribution in [2.24, 2.45) is 5.73 Å². The van der Waals surface area contributed by atoms with E-state index in [1.165, 1.54) is 43.9 Å². The van der Waals surface area contributed by atoms with Crippen molar-refractivity contribution in [2.75, 3.05) is 18.4 Å². The largest absolute Gasteiger partial charge is 0.450 e. The van der Waals surface area contributed by atoms with E-state index in [9.17, 15) is 4.79 Å². The van der Waals surface area contributed by atoms with E-state index < -0.39 is 0 Å². The van der Waals surface area contributed by atoms with Gasteiger partial charge in [-0.25, -0.2) is 4.79 Å². The van der Waals surface area contributed by atoms with Crippen molar-refractivity contribution in [1.29, 1.82) is 0 Å². The molecule has 0 spiro atoms. The maximum absolute atomic E-state index is 11.3. The molecule has 7 nitrogen and oxygen atoms in total. The fourth-order valence-electron chi connectivity index (χ4n) is 4.08. The monoisotopic (exact) mass is 383 g/mol. The van der Waals surface area contributed by atoms with E-state index in [1.54, 1.807) is 0 Å². The SMILES string of the molecule is NC1CCCCC1.O=c1ncc2c([nH]1)Nc1cc(C3CCNCC3)ccc1O2. The van der Waals surface area contributed by atoms with Crippen molar-refractivity contribution in [2.45, 2.75) is 56.9 Å². The summed E-state index contributed by atoms with van der Waals surface area (Å²) in [7, 11) is 0. The number of hydrogen-bond donors (Lipinski definition) is 4. The van der Waals surface area contributed by atoms with E-state index in [0.717, 1.165) is 37.4 Å². The van der Waals surface area contributed by atoms with Gasteiger partial charge in [-0.05, 0) is 62.4 Å². The molecule has 2 aliphatic heterocycles. The number of nitrogens with zero attached hydrogens (tertiary/aromatic N) is 1. The third-order valence-electron chi connectivity index (χ3n) is 5.72. The van der Waals surface area contributed by atoms with Crippen LogP contribution in [0.1, 0.15) is 56.4 Å². The molecule has 5 rings (SSSR count). The number of piperidine rings is 1. The molecule has 3 heterocycles. The lowest BCUT2D eigenvalue weighted by Gasteiger charge is -2.26. The molecule has 1 aromatic carbocycles. The Balaban J connectivity index is 0.000000233. The first-order valence-corrected chi connectivity index (χ1v) is 10.3. The predicted octanol–water partition coefficient (Wildman–Crippen LogP) is 3.36. The van der Waals surface area contributed by atoms with Gasteiger partial charge in [0.05, 0.1) is 11.9 Å². The Kier molecular flexibility index (Phi) is 5.92. The summed E-state index contributed by atoms with van der Waals surface area (Å²) in [5, 5.41) is 6.60. The molecule has 1 aliphatic carbocycles. The summed E-state index contributed by atoms with van der Waals surface area (Å²) in [6.45, 7) is 2.13. The zero-order chi connectivity index (χ0) is 19.3. The van der Waals surface area contributed by atoms with Crippen LogP contribution >= 0.6 is 0 Å². The Labute approximate surface area is 165 Å². The van der Waals surface area contributed by atoms with Crippen LogP contribution in [0.2, 0.25) is 0 Å². The summed E-state index contributed by atoms with van der Waals surface area (Å²) >= 11 is 0. The number of benzene rings is 1. The molecule has 28 heavy (non-hydrogen) atoms. The fourth-order valence-corrected chi connectivity index (χ4v) is 4.08. The molecule has 5 N–H and O–H groups in total. The molecule has 0 atom stereocenters. The maximum Gasteiger partial charge on any atom is 0.346 e. The Morgan fingerprint density at radius 2 is 1.82 bits per heavy atom. The zero-order valence-electron chi connectivity index (χ0n) is 16.2. The number of nitrogens with two attached hydrogens (primary N) is 1. The van der Waals surface area contributed by atoms with Gasteiger partial charge in [0, 0.05) is 6.04 Å². The first kappa shape index (κ1) is 19.0. The summed E-state index contributed by atoms with van der Waals surface area (Å²) in [6.07, 6.45) is 10.4. The van der Waals surface area contributed by atoms with Crippen LogP contribution in [0.25, 0.3) is 0 Å². The summed E-state index contributed by atoms with van der Waals surface area (Å²) in [4.78, 5) is 17.6. The maximum atomic E-state index is 11.3. The van der Waals surface area contributed by atoms with Crippen molar-refractivity contribution in [3.8, 4) is 11.5 Å². The highest BCUT2D eigenvalue weighted by Crippen LogP contribution is 2.41. The molecule has 7 heteroatoms. The Bertz CT molecular complexity index is 854. The Morgan fingerprint density at radius 1 is 1.04 bits per heavy atom. The van der Waals surface area contributed by atoms with E-state index in [1.807, 2.05) is 6.07 Å². The number of H-pyrrole nitrogens is 1. The van der Waals surface area contributed by atoms with Crippen LogP contribution in [-0.4, -0.2) is 29.1 Å². The molecule has 150 valence electrons. The second kappa shape index (κ2) is 8.75. The van der Waals surface area contributed by atoms with Crippen LogP contribution in [0.5, 0.6) is 11.5 Å². The number of fused-ring (bicyclic) bond motifs is 2. The second-order valence-corrected chi connectivity index (χ2v) is 7.83. The minimum atomic E-state index is -0.386. The topological polar surface area (TPSA) is 105 Å². The molecule has 0 radical (unpaired) electrons. The van der Waals surface area contributed by atoms with E-state index >= 15 is 0 Å². The van der Waals surface area contributed by atoms with E-state index in [0.29, 0.717) is 23.5 Å². The molecule has 2 fully saturated rings. The molecule has 2 aromatic rings. The van der Waals surface area contributed by atoms with Crippen LogP contribution < -0.4 is 26.8 Å². The van der Waals surface area contributed by atoms with Gasteiger partial charge in [0.15, 0.2) is 17.3 Å². The van der Waals surface area contributed by atoms with E-state index in [4.69, 9.17) is 10.5 Å². The highest BCUT2D eigenvalue weighted by atomic mass is 16.5. The Morgan fingerprint density at radius 3 is 2.54 bits per heavy atom. The predicted molar refractivity (Wildman–Crippen MR) is 111 cm³/mol. The number of anilines is 2. The first-order chi connectivity index (χ1) is 13.7. The summed E-state index contributed by atoms with van der Waals surface area (Å²) in [5.41, 5.74) is 7.45. The molecule has 0 bridgehead atoms. The molecule has 0 amide bonds. The summed E-state index contributed by atoms with van der Waals surface area (Å²) in [6, 6.07) is 6.76. The second-order valence-electron chi connectivity index (χ2n) is 7.83. The highest BCUT2D eigenvalue weighted by molar-refractivity contribution is 5.73. The quantitative estimate of drug-likeness (QED) is 0.513. The minimum Gasteiger partial charge on any atom is -0.450 e. The van der Waals surface area contributed by atoms with Crippen molar-refractivity contribution in [3.63, 3.8) is 0 Å². The third-order valence-corrected chi connectivity index (χ3v) is 5.72. The molecule has 1 saturated heterocycles. The summed E-state index contributed by atoms with van der Waals surface area (Å²) < 4.78 is 5.77. The van der Waals surface area contributed by atoms with Crippen LogP contribution in [0.4, 0.5) is 11.5 Å². The number of aromatic amines is 1. The van der Waals surface area contributed by atoms with Gasteiger partial charge in [-0.2, -0.15) is 4.98 Å². The average Bonchev–Trinajstić information content (AvgIpc) is 2.73. The van der Waals surface area contributed by atoms with Crippen LogP contribution in [0.15, 0.2) is 29.2 Å². The molecular weight excluding hydrogens is 354 g/mol. The molecule has 1 aromatic heterocycles. The zero-order valence-corrected chi connectivity index (χ0v) is 16.2. The standard InChI is InChI=1S/C15H16N4O2.C6H13N/c20-15-17-8-13-14(19-15)18-11-7-10(1-2-12(11)21-13)9-3-5-16-6-4-9;7-6-4-2-1-3-5-6/h1-2,7-9,16H,3-6H2,(H2,17,18,19,20);6H,1-5,7H2. The van der Waals surface area contributed by atoms with Crippen molar-refractivity contribution in [3.05, 3.63) is 40.4 Å². The lowest BCUT2D eigenvalue weighted by atomic mass is 9.90. The average molecular weight is 383 g/mol. The van der Waals surface area contributed by atoms with Gasteiger partial charge in [0.2, 0.25) is 0 Å². The lowest BCUT2D eigenvalue weighted by molar-refractivity contribution is 0.441. The number of nitrogens with one attached hydrogen (secondary N) is 3. The van der Waals surface area contributed by atoms with Crippen LogP contribution in [0, 0.1) is 0 Å². The minimum absolute atomic E-state index is 0.386. The molecule has 0 unspecified atom stereocenters. The van der Waals surface area contributed by atoms with Gasteiger partial charge in [-0.15, -0.1) is 0 Å². The van der Waals surface area contributed by atoms with Crippen molar-refractivity contribution < 1.29 is 4.74 Å². The third kappa shape index (κ3) is 4.54. The van der Waals surface area contributed by atoms with Crippen LogP contribution in [0.3, 0.4) is 0 Å². The fraction of sp³-hybridized carbons (Fsp3) is 0.524. The number of rotatable bonds is 1. The van der Waals surface area contributed by atoms with Gasteiger partial charge >= 0.3 is 5.69 Å². The van der Waals surface area contributed by atoms with Gasteiger partial charge < -0.3 is 21.1 Å². The van der Waals surface area contributed by atoms with Crippen molar-refractivity contribution in [1.82, 2.24) is 15.3 Å². The summed E-state index contributed by atoms with van der Waals surface area (Å²) in [5.74, 6) is 2.44. The van der Waals surface area contributed by atoms with Gasteiger partial charge in [-0.3, -0.25) is 4.98 Å². The number of aromatic nitrogens is 2. The smallest absolute Gasteiger partial charge is 0.346 e.